The minimum absolute atomic E-state index is 0.0847. The van der Waals surface area contributed by atoms with Crippen LogP contribution in [0.15, 0.2) is 41.3 Å². The van der Waals surface area contributed by atoms with Crippen LogP contribution in [-0.4, -0.2) is 30.5 Å². The van der Waals surface area contributed by atoms with Gasteiger partial charge in [-0.25, -0.2) is 0 Å². The highest BCUT2D eigenvalue weighted by Crippen LogP contribution is 2.29. The Morgan fingerprint density at radius 1 is 1.18 bits per heavy atom. The quantitative estimate of drug-likeness (QED) is 0.625. The predicted molar refractivity (Wildman–Crippen MR) is 95.3 cm³/mol. The predicted octanol–water partition coefficient (Wildman–Crippen LogP) is 2.55. The fourth-order valence-electron chi connectivity index (χ4n) is 2.25. The number of carbonyl (C=O) groups is 2. The summed E-state index contributed by atoms with van der Waals surface area (Å²) in [5.41, 5.74) is -1.98. The molecule has 2 rings (SSSR count). The number of methoxy groups -OCH3 is 1. The van der Waals surface area contributed by atoms with Gasteiger partial charge in [-0.3, -0.25) is 14.4 Å². The minimum atomic E-state index is -4.64. The topological polar surface area (TPSA) is 100 Å². The second kappa shape index (κ2) is 9.07. The molecule has 1 heterocycles. The molecule has 0 aliphatic carbocycles. The number of nitrogens with one attached hydrogen (secondary N) is 3. The van der Waals surface area contributed by atoms with Crippen LogP contribution in [0.3, 0.4) is 0 Å². The average molecular weight is 397 g/mol. The number of hydrogen-bond acceptors (Lipinski definition) is 4. The van der Waals surface area contributed by atoms with Crippen molar-refractivity contribution in [1.82, 2.24) is 10.3 Å². The maximum absolute atomic E-state index is 12.7. The number of anilines is 1. The van der Waals surface area contributed by atoms with E-state index in [1.165, 1.54) is 7.11 Å². The number of rotatable bonds is 7. The third-order valence-electron chi connectivity index (χ3n) is 3.72. The van der Waals surface area contributed by atoms with Gasteiger partial charge in [0.25, 0.3) is 11.5 Å². The standard InChI is InChI=1S/C18H18F3N3O4/c1-28-13-6-4-11(5-7-13)16(26)22-8-2-3-15(25)24-14-9-12(18(19,20)21)10-23-17(14)27/h4-7,9-10H,2-3,8H2,1H3,(H,22,26)(H,23,27)(H,24,25). The van der Waals surface area contributed by atoms with Crippen molar-refractivity contribution in [3.63, 3.8) is 0 Å². The molecule has 0 aliphatic rings. The lowest BCUT2D eigenvalue weighted by molar-refractivity contribution is -0.137. The van der Waals surface area contributed by atoms with Crippen molar-refractivity contribution in [3.8, 4) is 5.75 Å². The van der Waals surface area contributed by atoms with Crippen LogP contribution in [0, 0.1) is 0 Å². The van der Waals surface area contributed by atoms with E-state index in [0.717, 1.165) is 0 Å². The third-order valence-corrected chi connectivity index (χ3v) is 3.72. The highest BCUT2D eigenvalue weighted by atomic mass is 19.4. The van der Waals surface area contributed by atoms with E-state index in [9.17, 15) is 27.6 Å². The second-order valence-corrected chi connectivity index (χ2v) is 5.77. The van der Waals surface area contributed by atoms with Crippen LogP contribution >= 0.6 is 0 Å². The molecule has 10 heteroatoms. The number of halogens is 3. The highest BCUT2D eigenvalue weighted by Gasteiger charge is 2.31. The van der Waals surface area contributed by atoms with Gasteiger partial charge in [-0.1, -0.05) is 0 Å². The molecular formula is C18H18F3N3O4. The lowest BCUT2D eigenvalue weighted by Crippen LogP contribution is -2.26. The fraction of sp³-hybridized carbons (Fsp3) is 0.278. The Balaban J connectivity index is 1.81. The van der Waals surface area contributed by atoms with E-state index in [1.807, 2.05) is 4.98 Å². The van der Waals surface area contributed by atoms with Gasteiger partial charge >= 0.3 is 6.18 Å². The van der Waals surface area contributed by atoms with Crippen LogP contribution in [0.5, 0.6) is 5.75 Å². The van der Waals surface area contributed by atoms with E-state index in [0.29, 0.717) is 23.6 Å². The molecule has 0 saturated carbocycles. The number of benzene rings is 1. The number of H-pyrrole nitrogens is 1. The number of amides is 2. The lowest BCUT2D eigenvalue weighted by Gasteiger charge is -2.09. The Bertz CT molecular complexity index is 892. The van der Waals surface area contributed by atoms with Crippen LogP contribution in [0.25, 0.3) is 0 Å². The monoisotopic (exact) mass is 397 g/mol. The van der Waals surface area contributed by atoms with Gasteiger partial charge in [-0.15, -0.1) is 0 Å². The van der Waals surface area contributed by atoms with E-state index in [4.69, 9.17) is 4.74 Å². The number of hydrogen-bond donors (Lipinski definition) is 3. The SMILES string of the molecule is COc1ccc(C(=O)NCCCC(=O)Nc2cc(C(F)(F)F)c[nH]c2=O)cc1. The Morgan fingerprint density at radius 2 is 1.86 bits per heavy atom. The van der Waals surface area contributed by atoms with E-state index in [1.54, 1.807) is 24.3 Å². The number of alkyl halides is 3. The molecular weight excluding hydrogens is 379 g/mol. The van der Waals surface area contributed by atoms with Crippen molar-refractivity contribution in [2.24, 2.45) is 0 Å². The lowest BCUT2D eigenvalue weighted by atomic mass is 10.2. The molecule has 7 nitrogen and oxygen atoms in total. The van der Waals surface area contributed by atoms with Crippen molar-refractivity contribution in [1.29, 1.82) is 0 Å². The van der Waals surface area contributed by atoms with Crippen molar-refractivity contribution in [2.75, 3.05) is 19.0 Å². The molecule has 3 N–H and O–H groups in total. The zero-order chi connectivity index (χ0) is 20.7. The molecule has 0 radical (unpaired) electrons. The summed E-state index contributed by atoms with van der Waals surface area (Å²) in [5.74, 6) is -0.362. The van der Waals surface area contributed by atoms with Gasteiger partial charge in [-0.2, -0.15) is 13.2 Å². The van der Waals surface area contributed by atoms with Crippen molar-refractivity contribution < 1.29 is 27.5 Å². The molecule has 150 valence electrons. The van der Waals surface area contributed by atoms with E-state index >= 15 is 0 Å². The van der Waals surface area contributed by atoms with Gasteiger partial charge in [0.15, 0.2) is 0 Å². The fourth-order valence-corrected chi connectivity index (χ4v) is 2.25. The highest BCUT2D eigenvalue weighted by molar-refractivity contribution is 5.94. The number of aromatic amines is 1. The molecule has 2 amide bonds. The maximum Gasteiger partial charge on any atom is 0.417 e. The Labute approximate surface area is 157 Å². The van der Waals surface area contributed by atoms with Crippen LogP contribution in [0.4, 0.5) is 18.9 Å². The molecule has 0 saturated heterocycles. The summed E-state index contributed by atoms with van der Waals surface area (Å²) in [6.45, 7) is 0.178. The third kappa shape index (κ3) is 5.86. The first-order valence-corrected chi connectivity index (χ1v) is 8.22. The summed E-state index contributed by atoms with van der Waals surface area (Å²) < 4.78 is 43.0. The molecule has 28 heavy (non-hydrogen) atoms. The first kappa shape index (κ1) is 21.0. The van der Waals surface area contributed by atoms with Crippen LogP contribution in [-0.2, 0) is 11.0 Å². The number of pyridine rings is 1. The van der Waals surface area contributed by atoms with Crippen LogP contribution in [0.1, 0.15) is 28.8 Å². The van der Waals surface area contributed by atoms with Crippen LogP contribution in [0.2, 0.25) is 0 Å². The smallest absolute Gasteiger partial charge is 0.417 e. The minimum Gasteiger partial charge on any atom is -0.497 e. The Kier molecular flexibility index (Phi) is 6.80. The summed E-state index contributed by atoms with van der Waals surface area (Å²) >= 11 is 0. The van der Waals surface area contributed by atoms with E-state index < -0.39 is 28.9 Å². The molecule has 1 aromatic carbocycles. The van der Waals surface area contributed by atoms with Crippen molar-refractivity contribution in [3.05, 3.63) is 58.0 Å². The summed E-state index contributed by atoms with van der Waals surface area (Å²) in [6.07, 6.45) is -3.95. The van der Waals surface area contributed by atoms with Gasteiger partial charge in [0.05, 0.1) is 12.7 Å². The molecule has 2 aromatic rings. The molecule has 0 aliphatic heterocycles. The number of aromatic nitrogens is 1. The molecule has 0 unspecified atom stereocenters. The zero-order valence-corrected chi connectivity index (χ0v) is 14.9. The summed E-state index contributed by atoms with van der Waals surface area (Å²) in [5, 5.41) is 4.77. The van der Waals surface area contributed by atoms with Crippen molar-refractivity contribution >= 4 is 17.5 Å². The Morgan fingerprint density at radius 3 is 2.46 bits per heavy atom. The normalized spacial score (nSPS) is 11.0. The van der Waals surface area contributed by atoms with Gasteiger partial charge in [0.1, 0.15) is 11.4 Å². The van der Waals surface area contributed by atoms with Gasteiger partial charge in [0, 0.05) is 24.7 Å². The molecule has 0 bridgehead atoms. The number of ether oxygens (including phenoxy) is 1. The Hall–Kier alpha value is -3.30. The van der Waals surface area contributed by atoms with Gasteiger partial charge < -0.3 is 20.4 Å². The molecule has 0 spiro atoms. The molecule has 0 atom stereocenters. The first-order valence-electron chi connectivity index (χ1n) is 8.22. The first-order chi connectivity index (χ1) is 13.2. The summed E-state index contributed by atoms with van der Waals surface area (Å²) in [7, 11) is 1.51. The summed E-state index contributed by atoms with van der Waals surface area (Å²) in [4.78, 5) is 37.3. The maximum atomic E-state index is 12.7. The molecule has 0 fully saturated rings. The molecule has 1 aromatic heterocycles. The second-order valence-electron chi connectivity index (χ2n) is 5.77. The average Bonchev–Trinajstić information content (AvgIpc) is 2.66. The van der Waals surface area contributed by atoms with E-state index in [2.05, 4.69) is 10.6 Å². The van der Waals surface area contributed by atoms with Gasteiger partial charge in [-0.05, 0) is 36.8 Å². The zero-order valence-electron chi connectivity index (χ0n) is 14.9. The summed E-state index contributed by atoms with van der Waals surface area (Å²) in [6, 6.07) is 7.01. The number of carbonyl (C=O) groups excluding carboxylic acids is 2. The van der Waals surface area contributed by atoms with E-state index in [-0.39, 0.29) is 25.3 Å². The van der Waals surface area contributed by atoms with Crippen molar-refractivity contribution in [2.45, 2.75) is 19.0 Å². The van der Waals surface area contributed by atoms with Gasteiger partial charge in [0.2, 0.25) is 5.91 Å². The van der Waals surface area contributed by atoms with Crippen LogP contribution < -0.4 is 20.9 Å². The largest absolute Gasteiger partial charge is 0.497 e.